The van der Waals surface area contributed by atoms with E-state index < -0.39 is 6.10 Å². The van der Waals surface area contributed by atoms with Gasteiger partial charge in [-0.15, -0.1) is 0 Å². The van der Waals surface area contributed by atoms with Gasteiger partial charge < -0.3 is 5.11 Å². The third kappa shape index (κ3) is 2.34. The fourth-order valence-corrected chi connectivity index (χ4v) is 3.10. The minimum Gasteiger partial charge on any atom is -0.388 e. The Morgan fingerprint density at radius 3 is 3.05 bits per heavy atom. The van der Waals surface area contributed by atoms with E-state index in [9.17, 15) is 9.50 Å². The van der Waals surface area contributed by atoms with Gasteiger partial charge in [0.15, 0.2) is 0 Å². The standard InChI is InChI=1S/C17H18FNO/c1-11-7-8-13(18)10-15(11)17(20)14-6-2-4-12-5-3-9-19-16(12)14/h3,5,7-10,14,17,20H,2,4,6H2,1H3. The van der Waals surface area contributed by atoms with Crippen LogP contribution in [-0.4, -0.2) is 10.1 Å². The lowest BCUT2D eigenvalue weighted by molar-refractivity contribution is 0.133. The molecule has 0 radical (unpaired) electrons. The maximum Gasteiger partial charge on any atom is 0.123 e. The Hall–Kier alpha value is -1.74. The average molecular weight is 271 g/mol. The molecule has 2 atom stereocenters. The first-order valence-electron chi connectivity index (χ1n) is 7.04. The maximum absolute atomic E-state index is 13.4. The SMILES string of the molecule is Cc1ccc(F)cc1C(O)C1CCCc2cccnc21. The molecule has 0 bridgehead atoms. The number of halogens is 1. The van der Waals surface area contributed by atoms with Crippen LogP contribution in [0.1, 0.15) is 47.2 Å². The van der Waals surface area contributed by atoms with Crippen LogP contribution >= 0.6 is 0 Å². The van der Waals surface area contributed by atoms with Crippen molar-refractivity contribution in [3.63, 3.8) is 0 Å². The number of hydrogen-bond donors (Lipinski definition) is 1. The number of aliphatic hydroxyl groups is 1. The number of aromatic nitrogens is 1. The monoisotopic (exact) mass is 271 g/mol. The van der Waals surface area contributed by atoms with Crippen LogP contribution in [0.15, 0.2) is 36.5 Å². The molecule has 1 aromatic heterocycles. The molecule has 0 aliphatic heterocycles. The van der Waals surface area contributed by atoms with E-state index in [1.165, 1.54) is 17.7 Å². The molecule has 1 aromatic carbocycles. The van der Waals surface area contributed by atoms with Crippen LogP contribution in [0.3, 0.4) is 0 Å². The molecule has 2 nitrogen and oxygen atoms in total. The van der Waals surface area contributed by atoms with Crippen molar-refractivity contribution in [1.82, 2.24) is 4.98 Å². The summed E-state index contributed by atoms with van der Waals surface area (Å²) in [5.41, 5.74) is 3.77. The van der Waals surface area contributed by atoms with Crippen molar-refractivity contribution in [2.45, 2.75) is 38.2 Å². The number of aliphatic hydroxyl groups excluding tert-OH is 1. The normalized spacial score (nSPS) is 19.4. The highest BCUT2D eigenvalue weighted by Crippen LogP contribution is 2.40. The molecule has 1 aliphatic carbocycles. The van der Waals surface area contributed by atoms with Crippen molar-refractivity contribution in [2.24, 2.45) is 0 Å². The molecule has 3 rings (SSSR count). The van der Waals surface area contributed by atoms with E-state index in [1.54, 1.807) is 12.3 Å². The Morgan fingerprint density at radius 1 is 1.35 bits per heavy atom. The van der Waals surface area contributed by atoms with E-state index in [-0.39, 0.29) is 11.7 Å². The summed E-state index contributed by atoms with van der Waals surface area (Å²) in [7, 11) is 0. The van der Waals surface area contributed by atoms with Crippen LogP contribution in [0.5, 0.6) is 0 Å². The fraction of sp³-hybridized carbons (Fsp3) is 0.353. The van der Waals surface area contributed by atoms with Gasteiger partial charge in [-0.2, -0.15) is 0 Å². The zero-order chi connectivity index (χ0) is 14.1. The molecule has 0 saturated heterocycles. The molecular formula is C17H18FNO. The van der Waals surface area contributed by atoms with E-state index >= 15 is 0 Å². The Balaban J connectivity index is 1.99. The summed E-state index contributed by atoms with van der Waals surface area (Å²) in [6.45, 7) is 1.90. The lowest BCUT2D eigenvalue weighted by atomic mass is 9.80. The first-order chi connectivity index (χ1) is 9.66. The summed E-state index contributed by atoms with van der Waals surface area (Å²) in [6.07, 6.45) is 4.01. The van der Waals surface area contributed by atoms with Crippen LogP contribution in [0.25, 0.3) is 0 Å². The highest BCUT2D eigenvalue weighted by molar-refractivity contribution is 5.34. The lowest BCUT2D eigenvalue weighted by Crippen LogP contribution is -2.19. The zero-order valence-corrected chi connectivity index (χ0v) is 11.5. The van der Waals surface area contributed by atoms with Gasteiger partial charge in [-0.3, -0.25) is 4.98 Å². The molecule has 3 heteroatoms. The van der Waals surface area contributed by atoms with Crippen molar-refractivity contribution in [3.8, 4) is 0 Å². The third-order valence-corrected chi connectivity index (χ3v) is 4.18. The van der Waals surface area contributed by atoms with Crippen molar-refractivity contribution in [1.29, 1.82) is 0 Å². The lowest BCUT2D eigenvalue weighted by Gasteiger charge is -2.29. The molecule has 1 heterocycles. The molecule has 20 heavy (non-hydrogen) atoms. The number of pyridine rings is 1. The largest absolute Gasteiger partial charge is 0.388 e. The summed E-state index contributed by atoms with van der Waals surface area (Å²) in [6, 6.07) is 8.59. The first-order valence-corrected chi connectivity index (χ1v) is 7.04. The molecule has 0 spiro atoms. The van der Waals surface area contributed by atoms with E-state index in [2.05, 4.69) is 11.1 Å². The summed E-state index contributed by atoms with van der Waals surface area (Å²) < 4.78 is 13.4. The fourth-order valence-electron chi connectivity index (χ4n) is 3.10. The van der Waals surface area contributed by atoms with E-state index in [4.69, 9.17) is 0 Å². The second-order valence-electron chi connectivity index (χ2n) is 5.49. The number of aryl methyl sites for hydroxylation is 2. The van der Waals surface area contributed by atoms with Crippen molar-refractivity contribution < 1.29 is 9.50 Å². The Bertz CT molecular complexity index is 626. The number of rotatable bonds is 2. The highest BCUT2D eigenvalue weighted by atomic mass is 19.1. The van der Waals surface area contributed by atoms with E-state index in [1.807, 2.05) is 13.0 Å². The van der Waals surface area contributed by atoms with Crippen molar-refractivity contribution >= 4 is 0 Å². The smallest absolute Gasteiger partial charge is 0.123 e. The van der Waals surface area contributed by atoms with Crippen LogP contribution < -0.4 is 0 Å². The van der Waals surface area contributed by atoms with Crippen LogP contribution in [0.2, 0.25) is 0 Å². The van der Waals surface area contributed by atoms with Gasteiger partial charge in [-0.25, -0.2) is 4.39 Å². The van der Waals surface area contributed by atoms with Gasteiger partial charge in [-0.1, -0.05) is 12.1 Å². The second kappa shape index (κ2) is 5.33. The first kappa shape index (κ1) is 13.3. The van der Waals surface area contributed by atoms with Crippen LogP contribution in [0.4, 0.5) is 4.39 Å². The molecule has 0 fully saturated rings. The summed E-state index contributed by atoms with van der Waals surface area (Å²) in [5, 5.41) is 10.7. The molecule has 104 valence electrons. The molecule has 2 unspecified atom stereocenters. The molecule has 0 amide bonds. The molecule has 2 aromatic rings. The van der Waals surface area contributed by atoms with E-state index in [0.29, 0.717) is 5.56 Å². The second-order valence-corrected chi connectivity index (χ2v) is 5.49. The predicted molar refractivity (Wildman–Crippen MR) is 76.0 cm³/mol. The average Bonchev–Trinajstić information content (AvgIpc) is 2.48. The Morgan fingerprint density at radius 2 is 2.20 bits per heavy atom. The predicted octanol–water partition coefficient (Wildman–Crippen LogP) is 3.68. The van der Waals surface area contributed by atoms with Gasteiger partial charge in [0.1, 0.15) is 5.82 Å². The van der Waals surface area contributed by atoms with Gasteiger partial charge in [0.2, 0.25) is 0 Å². The summed E-state index contributed by atoms with van der Waals surface area (Å²) in [4.78, 5) is 4.45. The van der Waals surface area contributed by atoms with Crippen molar-refractivity contribution in [3.05, 3.63) is 64.7 Å². The molecule has 0 saturated carbocycles. The van der Waals surface area contributed by atoms with Gasteiger partial charge in [0.25, 0.3) is 0 Å². The topological polar surface area (TPSA) is 33.1 Å². The van der Waals surface area contributed by atoms with Gasteiger partial charge >= 0.3 is 0 Å². The number of nitrogens with zero attached hydrogens (tertiary/aromatic N) is 1. The third-order valence-electron chi connectivity index (χ3n) is 4.18. The number of benzene rings is 1. The molecule has 1 N–H and O–H groups in total. The van der Waals surface area contributed by atoms with Gasteiger partial charge in [0, 0.05) is 17.8 Å². The Labute approximate surface area is 118 Å². The van der Waals surface area contributed by atoms with Gasteiger partial charge in [0.05, 0.1) is 6.10 Å². The number of hydrogen-bond acceptors (Lipinski definition) is 2. The molecule has 1 aliphatic rings. The minimum absolute atomic E-state index is 0.0413. The van der Waals surface area contributed by atoms with E-state index in [0.717, 1.165) is 30.5 Å². The summed E-state index contributed by atoms with van der Waals surface area (Å²) >= 11 is 0. The van der Waals surface area contributed by atoms with Crippen LogP contribution in [0, 0.1) is 12.7 Å². The molecular weight excluding hydrogens is 253 g/mol. The van der Waals surface area contributed by atoms with Gasteiger partial charge in [-0.05, 0) is 61.1 Å². The highest BCUT2D eigenvalue weighted by Gasteiger charge is 2.29. The zero-order valence-electron chi connectivity index (χ0n) is 11.5. The maximum atomic E-state index is 13.4. The summed E-state index contributed by atoms with van der Waals surface area (Å²) in [5.74, 6) is -0.345. The van der Waals surface area contributed by atoms with Crippen molar-refractivity contribution in [2.75, 3.05) is 0 Å². The quantitative estimate of drug-likeness (QED) is 0.903. The Kier molecular flexibility index (Phi) is 3.53. The number of fused-ring (bicyclic) bond motifs is 1. The minimum atomic E-state index is -0.695. The van der Waals surface area contributed by atoms with Crippen LogP contribution in [-0.2, 0) is 6.42 Å².